The lowest BCUT2D eigenvalue weighted by atomic mass is 10.0. The van der Waals surface area contributed by atoms with Crippen LogP contribution in [0, 0.1) is 35.5 Å². The van der Waals surface area contributed by atoms with Crippen LogP contribution in [0.15, 0.2) is 48.8 Å². The molecule has 1 aromatic carbocycles. The zero-order chi connectivity index (χ0) is 19.5. The smallest absolute Gasteiger partial charge is 0.336 e. The number of aliphatic hydroxyl groups excluding tert-OH is 1. The Balaban J connectivity index is 1.58. The van der Waals surface area contributed by atoms with Gasteiger partial charge < -0.3 is 10.2 Å². The Kier molecular flexibility index (Phi) is 4.76. The van der Waals surface area contributed by atoms with Gasteiger partial charge in [-0.1, -0.05) is 24.0 Å². The minimum atomic E-state index is -1.01. The fraction of sp³-hybridized carbons (Fsp3) is 0.174. The largest absolute Gasteiger partial charge is 0.478 e. The topological polar surface area (TPSA) is 83.3 Å². The van der Waals surface area contributed by atoms with E-state index >= 15 is 0 Å². The normalized spacial score (nSPS) is 17.2. The Bertz CT molecular complexity index is 1180. The summed E-state index contributed by atoms with van der Waals surface area (Å²) < 4.78 is 0. The van der Waals surface area contributed by atoms with Crippen LogP contribution < -0.4 is 0 Å². The lowest BCUT2D eigenvalue weighted by molar-refractivity contribution is 0.0699. The maximum Gasteiger partial charge on any atom is 0.336 e. The quantitative estimate of drug-likeness (QED) is 0.695. The van der Waals surface area contributed by atoms with Gasteiger partial charge in [0.25, 0.3) is 0 Å². The first kappa shape index (κ1) is 17.7. The predicted molar refractivity (Wildman–Crippen MR) is 105 cm³/mol. The van der Waals surface area contributed by atoms with Crippen molar-refractivity contribution in [3.63, 3.8) is 0 Å². The summed E-state index contributed by atoms with van der Waals surface area (Å²) >= 11 is 0. The minimum Gasteiger partial charge on any atom is -0.478 e. The zero-order valence-electron chi connectivity index (χ0n) is 14.9. The fourth-order valence-corrected chi connectivity index (χ4v) is 2.98. The summed E-state index contributed by atoms with van der Waals surface area (Å²) in [6.45, 7) is 0.192. The lowest BCUT2D eigenvalue weighted by Crippen LogP contribution is -2.00. The van der Waals surface area contributed by atoms with Crippen LogP contribution >= 0.6 is 0 Å². The standard InChI is InChI=1S/C23H16N2O3/c26-14-18-11-17(18)4-2-1-3-15-5-7-16(8-6-15)22-12-19(23(27)28)20-13-24-10-9-21(20)25-22/h5-10,12-13,17-18,26H,11,14H2,(H,27,28)/t17-,18+/m1/s1. The molecule has 1 aliphatic carbocycles. The Hall–Kier alpha value is -3.67. The molecule has 136 valence electrons. The summed E-state index contributed by atoms with van der Waals surface area (Å²) in [4.78, 5) is 20.1. The number of carboxylic acid groups (broad SMARTS) is 1. The summed E-state index contributed by atoms with van der Waals surface area (Å²) in [5, 5.41) is 19.0. The molecule has 1 saturated carbocycles. The average molecular weight is 368 g/mol. The van der Waals surface area contributed by atoms with Crippen molar-refractivity contribution in [2.75, 3.05) is 6.61 Å². The van der Waals surface area contributed by atoms with Crippen LogP contribution in [0.2, 0.25) is 0 Å². The third-order valence-electron chi connectivity index (χ3n) is 4.71. The van der Waals surface area contributed by atoms with E-state index in [2.05, 4.69) is 33.6 Å². The van der Waals surface area contributed by atoms with Crippen molar-refractivity contribution < 1.29 is 15.0 Å². The molecule has 2 heterocycles. The maximum absolute atomic E-state index is 11.6. The number of aliphatic hydroxyl groups is 1. The lowest BCUT2D eigenvalue weighted by Gasteiger charge is -2.06. The number of hydrogen-bond donors (Lipinski definition) is 2. The molecule has 1 fully saturated rings. The molecule has 1 aliphatic rings. The molecule has 0 saturated heterocycles. The van der Waals surface area contributed by atoms with E-state index in [1.807, 2.05) is 24.3 Å². The van der Waals surface area contributed by atoms with Gasteiger partial charge in [-0.2, -0.15) is 0 Å². The summed E-state index contributed by atoms with van der Waals surface area (Å²) in [7, 11) is 0. The first-order chi connectivity index (χ1) is 13.7. The SMILES string of the molecule is O=C(O)c1cc(-c2ccc(C#CC#C[C@@H]3C[C@H]3CO)cc2)nc2ccncc12. The molecule has 4 rings (SSSR count). The van der Waals surface area contributed by atoms with Crippen molar-refractivity contribution in [2.24, 2.45) is 11.8 Å². The van der Waals surface area contributed by atoms with Gasteiger partial charge in [-0.25, -0.2) is 9.78 Å². The summed E-state index contributed by atoms with van der Waals surface area (Å²) in [6.07, 6.45) is 4.06. The summed E-state index contributed by atoms with van der Waals surface area (Å²) in [5.41, 5.74) is 2.97. The van der Waals surface area contributed by atoms with Gasteiger partial charge in [-0.3, -0.25) is 4.98 Å². The van der Waals surface area contributed by atoms with Gasteiger partial charge >= 0.3 is 5.97 Å². The van der Waals surface area contributed by atoms with Gasteiger partial charge in [0.1, 0.15) is 0 Å². The number of pyridine rings is 2. The first-order valence-electron chi connectivity index (χ1n) is 8.86. The molecular formula is C23H16N2O3. The van der Waals surface area contributed by atoms with Crippen LogP contribution in [-0.4, -0.2) is 32.8 Å². The molecular weight excluding hydrogens is 352 g/mol. The number of fused-ring (bicyclic) bond motifs is 1. The second kappa shape index (κ2) is 7.52. The second-order valence-electron chi connectivity index (χ2n) is 6.63. The number of carbonyl (C=O) groups is 1. The van der Waals surface area contributed by atoms with Gasteiger partial charge in [0.05, 0.1) is 16.8 Å². The predicted octanol–water partition coefficient (Wildman–Crippen LogP) is 2.98. The highest BCUT2D eigenvalue weighted by Crippen LogP contribution is 2.36. The molecule has 0 radical (unpaired) electrons. The number of nitrogens with zero attached hydrogens (tertiary/aromatic N) is 2. The minimum absolute atomic E-state index is 0.175. The molecule has 3 aromatic rings. The van der Waals surface area contributed by atoms with Gasteiger partial charge in [0.2, 0.25) is 0 Å². The Labute approximate surface area is 162 Å². The number of hydrogen-bond acceptors (Lipinski definition) is 4. The molecule has 2 atom stereocenters. The number of carboxylic acids is 1. The molecule has 2 N–H and O–H groups in total. The van der Waals surface area contributed by atoms with E-state index in [1.54, 1.807) is 18.3 Å². The molecule has 0 aliphatic heterocycles. The van der Waals surface area contributed by atoms with Gasteiger partial charge in [0, 0.05) is 41.4 Å². The van der Waals surface area contributed by atoms with Crippen LogP contribution in [-0.2, 0) is 0 Å². The number of rotatable bonds is 3. The molecule has 2 aromatic heterocycles. The van der Waals surface area contributed by atoms with Crippen molar-refractivity contribution in [3.8, 4) is 34.9 Å². The number of aromatic carboxylic acids is 1. The average Bonchev–Trinajstić information content (AvgIpc) is 3.49. The van der Waals surface area contributed by atoms with E-state index in [0.717, 1.165) is 17.5 Å². The van der Waals surface area contributed by atoms with E-state index < -0.39 is 5.97 Å². The first-order valence-corrected chi connectivity index (χ1v) is 8.86. The second-order valence-corrected chi connectivity index (χ2v) is 6.63. The molecule has 0 bridgehead atoms. The van der Waals surface area contributed by atoms with E-state index in [-0.39, 0.29) is 18.1 Å². The van der Waals surface area contributed by atoms with Crippen LogP contribution in [0.3, 0.4) is 0 Å². The van der Waals surface area contributed by atoms with E-state index in [1.165, 1.54) is 6.20 Å². The molecule has 0 amide bonds. The molecule has 0 spiro atoms. The van der Waals surface area contributed by atoms with Crippen molar-refractivity contribution in [3.05, 3.63) is 59.9 Å². The van der Waals surface area contributed by atoms with Crippen LogP contribution in [0.4, 0.5) is 0 Å². The monoisotopic (exact) mass is 368 g/mol. The van der Waals surface area contributed by atoms with Crippen LogP contribution in [0.5, 0.6) is 0 Å². The molecule has 5 nitrogen and oxygen atoms in total. The highest BCUT2D eigenvalue weighted by atomic mass is 16.4. The zero-order valence-corrected chi connectivity index (χ0v) is 14.9. The van der Waals surface area contributed by atoms with Crippen molar-refractivity contribution in [1.82, 2.24) is 9.97 Å². The maximum atomic E-state index is 11.6. The third-order valence-corrected chi connectivity index (χ3v) is 4.71. The number of benzene rings is 1. The Morgan fingerprint density at radius 2 is 2.00 bits per heavy atom. The Morgan fingerprint density at radius 1 is 1.18 bits per heavy atom. The van der Waals surface area contributed by atoms with Crippen molar-refractivity contribution in [1.29, 1.82) is 0 Å². The van der Waals surface area contributed by atoms with Crippen molar-refractivity contribution >= 4 is 16.9 Å². The highest BCUT2D eigenvalue weighted by Gasteiger charge is 2.34. The molecule has 28 heavy (non-hydrogen) atoms. The fourth-order valence-electron chi connectivity index (χ4n) is 2.98. The van der Waals surface area contributed by atoms with Crippen molar-refractivity contribution in [2.45, 2.75) is 6.42 Å². The summed E-state index contributed by atoms with van der Waals surface area (Å²) in [6, 6.07) is 10.7. The number of aromatic nitrogens is 2. The van der Waals surface area contributed by atoms with Gasteiger partial charge in [0.15, 0.2) is 0 Å². The molecule has 0 unspecified atom stereocenters. The Morgan fingerprint density at radius 3 is 2.71 bits per heavy atom. The highest BCUT2D eigenvalue weighted by molar-refractivity contribution is 6.03. The molecule has 5 heteroatoms. The summed E-state index contributed by atoms with van der Waals surface area (Å²) in [5.74, 6) is 11.3. The van der Waals surface area contributed by atoms with Gasteiger partial charge in [-0.05, 0) is 48.4 Å². The van der Waals surface area contributed by atoms with Crippen LogP contribution in [0.25, 0.3) is 22.2 Å². The van der Waals surface area contributed by atoms with E-state index in [9.17, 15) is 9.90 Å². The van der Waals surface area contributed by atoms with Gasteiger partial charge in [-0.15, -0.1) is 0 Å². The van der Waals surface area contributed by atoms with E-state index in [0.29, 0.717) is 22.5 Å². The van der Waals surface area contributed by atoms with E-state index in [4.69, 9.17) is 5.11 Å². The third kappa shape index (κ3) is 3.71. The van der Waals surface area contributed by atoms with Crippen LogP contribution in [0.1, 0.15) is 22.3 Å².